The van der Waals surface area contributed by atoms with Gasteiger partial charge in [-0.1, -0.05) is 0 Å². The molecule has 2 heterocycles. The molecule has 1 saturated heterocycles. The summed E-state index contributed by atoms with van der Waals surface area (Å²) in [5.41, 5.74) is 1.53. The third-order valence-electron chi connectivity index (χ3n) is 6.41. The van der Waals surface area contributed by atoms with Crippen molar-refractivity contribution in [3.05, 3.63) is 35.2 Å². The predicted molar refractivity (Wildman–Crippen MR) is 131 cm³/mol. The van der Waals surface area contributed by atoms with Crippen LogP contribution in [0.2, 0.25) is 0 Å². The fourth-order valence-electron chi connectivity index (χ4n) is 4.34. The Morgan fingerprint density at radius 1 is 1.11 bits per heavy atom. The van der Waals surface area contributed by atoms with E-state index in [9.17, 15) is 18.0 Å². The van der Waals surface area contributed by atoms with Crippen LogP contribution in [0.1, 0.15) is 41.5 Å². The molecule has 0 spiro atoms. The highest BCUT2D eigenvalue weighted by atomic mass is 32.2. The van der Waals surface area contributed by atoms with E-state index in [2.05, 4.69) is 5.32 Å². The number of sulfonamides is 1. The summed E-state index contributed by atoms with van der Waals surface area (Å²) >= 11 is 0. The molecular formula is C24H33N3O7S. The van der Waals surface area contributed by atoms with Crippen LogP contribution in [-0.2, 0) is 26.6 Å². The minimum atomic E-state index is -4.05. The van der Waals surface area contributed by atoms with E-state index < -0.39 is 21.9 Å². The molecule has 192 valence electrons. The molecule has 1 N–H and O–H groups in total. The number of hydrogen-bond acceptors (Lipinski definition) is 7. The Morgan fingerprint density at radius 3 is 2.43 bits per heavy atom. The van der Waals surface area contributed by atoms with E-state index in [1.165, 1.54) is 18.5 Å². The van der Waals surface area contributed by atoms with Gasteiger partial charge in [-0.05, 0) is 45.7 Å². The minimum Gasteiger partial charge on any atom is -0.493 e. The maximum absolute atomic E-state index is 13.7. The minimum absolute atomic E-state index is 0.0110. The molecule has 10 nitrogen and oxygen atoms in total. The van der Waals surface area contributed by atoms with Crippen LogP contribution in [0.3, 0.4) is 0 Å². The Balaban J connectivity index is 1.86. The Labute approximate surface area is 206 Å². The Bertz CT molecular complexity index is 1220. The number of nitrogens with zero attached hydrogens (tertiary/aromatic N) is 2. The molecule has 2 aromatic rings. The fourth-order valence-corrected chi connectivity index (χ4v) is 6.34. The molecule has 1 aliphatic rings. The normalized spacial score (nSPS) is 16.6. The average molecular weight is 508 g/mol. The number of nitrogens with one attached hydrogen (secondary N) is 1. The molecule has 0 radical (unpaired) electrons. The van der Waals surface area contributed by atoms with Gasteiger partial charge in [0.25, 0.3) is 0 Å². The van der Waals surface area contributed by atoms with Crippen molar-refractivity contribution in [2.45, 2.75) is 38.5 Å². The zero-order chi connectivity index (χ0) is 25.9. The third kappa shape index (κ3) is 5.15. The van der Waals surface area contributed by atoms with E-state index >= 15 is 0 Å². The van der Waals surface area contributed by atoms with Crippen molar-refractivity contribution in [3.63, 3.8) is 0 Å². The van der Waals surface area contributed by atoms with Gasteiger partial charge in [0.1, 0.15) is 10.5 Å². The van der Waals surface area contributed by atoms with Gasteiger partial charge < -0.3 is 24.1 Å². The number of benzene rings is 1. The summed E-state index contributed by atoms with van der Waals surface area (Å²) in [5, 5.41) is 2.85. The van der Waals surface area contributed by atoms with Crippen LogP contribution in [-0.4, -0.2) is 63.1 Å². The molecule has 35 heavy (non-hydrogen) atoms. The number of amides is 1. The molecule has 0 bridgehead atoms. The Morgan fingerprint density at radius 2 is 1.80 bits per heavy atom. The molecule has 1 aromatic carbocycles. The maximum Gasteiger partial charge on any atom is 0.341 e. The first kappa shape index (κ1) is 26.6. The van der Waals surface area contributed by atoms with Crippen LogP contribution >= 0.6 is 0 Å². The lowest BCUT2D eigenvalue weighted by Gasteiger charge is -2.31. The summed E-state index contributed by atoms with van der Waals surface area (Å²) in [6.07, 6.45) is 1.06. The number of piperidine rings is 1. The van der Waals surface area contributed by atoms with E-state index in [1.54, 1.807) is 50.6 Å². The molecular weight excluding hydrogens is 474 g/mol. The number of carbonyl (C=O) groups excluding carboxylic acids is 2. The second-order valence-corrected chi connectivity index (χ2v) is 10.3. The van der Waals surface area contributed by atoms with Crippen LogP contribution in [0.25, 0.3) is 0 Å². The van der Waals surface area contributed by atoms with E-state index in [-0.39, 0.29) is 36.1 Å². The van der Waals surface area contributed by atoms with Crippen LogP contribution in [0.15, 0.2) is 23.1 Å². The number of rotatable bonds is 8. The smallest absolute Gasteiger partial charge is 0.341 e. The van der Waals surface area contributed by atoms with Crippen LogP contribution in [0, 0.1) is 19.8 Å². The number of anilines is 1. The fraction of sp³-hybridized carbons (Fsp3) is 0.500. The zero-order valence-corrected chi connectivity index (χ0v) is 21.8. The van der Waals surface area contributed by atoms with Crippen molar-refractivity contribution in [2.75, 3.05) is 39.2 Å². The van der Waals surface area contributed by atoms with Gasteiger partial charge in [0, 0.05) is 43.3 Å². The molecule has 0 saturated carbocycles. The number of methoxy groups -OCH3 is 2. The number of hydrogen-bond donors (Lipinski definition) is 1. The average Bonchev–Trinajstić information content (AvgIpc) is 3.08. The van der Waals surface area contributed by atoms with E-state index in [0.29, 0.717) is 41.4 Å². The molecule has 0 aliphatic carbocycles. The van der Waals surface area contributed by atoms with E-state index in [4.69, 9.17) is 14.2 Å². The van der Waals surface area contributed by atoms with E-state index in [1.807, 2.05) is 0 Å². The molecule has 1 amide bonds. The predicted octanol–water partition coefficient (Wildman–Crippen LogP) is 2.88. The quantitative estimate of drug-likeness (QED) is 0.546. The van der Waals surface area contributed by atoms with Gasteiger partial charge in [-0.25, -0.2) is 13.2 Å². The summed E-state index contributed by atoms with van der Waals surface area (Å²) in [6.45, 7) is 5.42. The largest absolute Gasteiger partial charge is 0.493 e. The Kier molecular flexibility index (Phi) is 8.11. The van der Waals surface area contributed by atoms with Crippen LogP contribution in [0.5, 0.6) is 11.5 Å². The van der Waals surface area contributed by atoms with E-state index in [0.717, 1.165) is 0 Å². The Hall–Kier alpha value is -3.05. The van der Waals surface area contributed by atoms with Gasteiger partial charge in [-0.2, -0.15) is 4.31 Å². The second-order valence-electron chi connectivity index (χ2n) is 8.42. The number of carbonyl (C=O) groups is 2. The van der Waals surface area contributed by atoms with Crippen LogP contribution in [0.4, 0.5) is 5.69 Å². The second kappa shape index (κ2) is 10.7. The molecule has 1 aromatic heterocycles. The van der Waals surface area contributed by atoms with Crippen molar-refractivity contribution in [3.8, 4) is 11.5 Å². The van der Waals surface area contributed by atoms with Crippen LogP contribution < -0.4 is 14.8 Å². The summed E-state index contributed by atoms with van der Waals surface area (Å²) in [6, 6.07) is 5.03. The first-order chi connectivity index (χ1) is 16.6. The summed E-state index contributed by atoms with van der Waals surface area (Å²) in [7, 11) is 0.688. The van der Waals surface area contributed by atoms with Crippen molar-refractivity contribution in [1.29, 1.82) is 0 Å². The van der Waals surface area contributed by atoms with Gasteiger partial charge in [0.05, 0.1) is 26.7 Å². The maximum atomic E-state index is 13.7. The molecule has 3 rings (SSSR count). The lowest BCUT2D eigenvalue weighted by atomic mass is 9.98. The van der Waals surface area contributed by atoms with Gasteiger partial charge in [-0.15, -0.1) is 0 Å². The molecule has 1 fully saturated rings. The van der Waals surface area contributed by atoms with Crippen molar-refractivity contribution in [1.82, 2.24) is 8.87 Å². The van der Waals surface area contributed by atoms with Gasteiger partial charge in [0.15, 0.2) is 11.5 Å². The summed E-state index contributed by atoms with van der Waals surface area (Å²) in [5.74, 6) is -0.510. The molecule has 0 unspecified atom stereocenters. The molecule has 1 aliphatic heterocycles. The lowest BCUT2D eigenvalue weighted by molar-refractivity contribution is -0.120. The highest BCUT2D eigenvalue weighted by Gasteiger charge is 2.39. The lowest BCUT2D eigenvalue weighted by Crippen LogP contribution is -2.44. The highest BCUT2D eigenvalue weighted by molar-refractivity contribution is 7.89. The van der Waals surface area contributed by atoms with Gasteiger partial charge >= 0.3 is 5.97 Å². The standard InChI is InChI=1S/C24H33N3O7S/c1-7-34-24(29)21-15(2)26(4)16(3)22(21)35(30,31)27-12-8-9-17(14-27)23(28)25-18-10-11-19(32-5)20(13-18)33-6/h10-11,13,17H,7-9,12,14H2,1-6H3,(H,25,28)/t17-/m0/s1. The first-order valence-corrected chi connectivity index (χ1v) is 12.9. The van der Waals surface area contributed by atoms with Gasteiger partial charge in [-0.3, -0.25) is 4.79 Å². The first-order valence-electron chi connectivity index (χ1n) is 11.4. The van der Waals surface area contributed by atoms with Gasteiger partial charge in [0.2, 0.25) is 15.9 Å². The molecule has 11 heteroatoms. The van der Waals surface area contributed by atoms with Crippen molar-refractivity contribution >= 4 is 27.6 Å². The van der Waals surface area contributed by atoms with Crippen molar-refractivity contribution < 1.29 is 32.2 Å². The number of esters is 1. The monoisotopic (exact) mass is 507 g/mol. The third-order valence-corrected chi connectivity index (χ3v) is 8.43. The SMILES string of the molecule is CCOC(=O)c1c(S(=O)(=O)N2CCC[C@H](C(=O)Nc3ccc(OC)c(OC)c3)C2)c(C)n(C)c1C. The topological polar surface area (TPSA) is 116 Å². The summed E-state index contributed by atoms with van der Waals surface area (Å²) in [4.78, 5) is 25.6. The zero-order valence-electron chi connectivity index (χ0n) is 21.0. The number of ether oxygens (including phenoxy) is 3. The number of aromatic nitrogens is 1. The molecule has 1 atom stereocenters. The van der Waals surface area contributed by atoms with Crippen molar-refractivity contribution in [2.24, 2.45) is 13.0 Å². The highest BCUT2D eigenvalue weighted by Crippen LogP contribution is 2.33. The summed E-state index contributed by atoms with van der Waals surface area (Å²) < 4.78 is 46.1.